The predicted molar refractivity (Wildman–Crippen MR) is 87.0 cm³/mol. The van der Waals surface area contributed by atoms with E-state index in [4.69, 9.17) is 4.74 Å². The summed E-state index contributed by atoms with van der Waals surface area (Å²) in [7, 11) is 2.03. The third-order valence-electron chi connectivity index (χ3n) is 4.44. The average molecular weight is 281 g/mol. The maximum atomic E-state index is 6.14. The number of benzene rings is 2. The maximum Gasteiger partial charge on any atom is 0.123 e. The number of hydrogen-bond acceptors (Lipinski definition) is 2. The molecule has 1 heterocycles. The van der Waals surface area contributed by atoms with E-state index >= 15 is 0 Å². The fourth-order valence-corrected chi connectivity index (χ4v) is 3.11. The van der Waals surface area contributed by atoms with Crippen molar-refractivity contribution < 1.29 is 4.74 Å². The highest BCUT2D eigenvalue weighted by Gasteiger charge is 2.29. The molecule has 0 aliphatic carbocycles. The van der Waals surface area contributed by atoms with Crippen molar-refractivity contribution in [2.75, 3.05) is 7.05 Å². The van der Waals surface area contributed by atoms with E-state index in [1.165, 1.54) is 22.3 Å². The van der Waals surface area contributed by atoms with Crippen molar-refractivity contribution >= 4 is 0 Å². The first kappa shape index (κ1) is 14.2. The second-order valence-electron chi connectivity index (χ2n) is 6.00. The molecule has 3 rings (SSSR count). The van der Waals surface area contributed by atoms with E-state index in [1.54, 1.807) is 0 Å². The van der Waals surface area contributed by atoms with Gasteiger partial charge in [-0.1, -0.05) is 42.0 Å². The number of likely N-dealkylation sites (N-methyl/N-ethyl adjacent to an activating group) is 1. The Morgan fingerprint density at radius 1 is 1.19 bits per heavy atom. The lowest BCUT2D eigenvalue weighted by atomic mass is 9.94. The lowest BCUT2D eigenvalue weighted by Crippen LogP contribution is -2.42. The fourth-order valence-electron chi connectivity index (χ4n) is 3.11. The number of hydrogen-bond donors (Lipinski definition) is 1. The Labute approximate surface area is 127 Å². The lowest BCUT2D eigenvalue weighted by molar-refractivity contribution is 0.182. The summed E-state index contributed by atoms with van der Waals surface area (Å²) in [5.41, 5.74) is 5.41. The maximum absolute atomic E-state index is 6.14. The van der Waals surface area contributed by atoms with Crippen molar-refractivity contribution in [3.63, 3.8) is 0 Å². The van der Waals surface area contributed by atoms with Gasteiger partial charge in [-0.15, -0.1) is 0 Å². The van der Waals surface area contributed by atoms with Crippen LogP contribution in [-0.2, 0) is 12.8 Å². The fraction of sp³-hybridized carbons (Fsp3) is 0.368. The van der Waals surface area contributed by atoms with Crippen LogP contribution in [0.1, 0.15) is 22.3 Å². The zero-order valence-electron chi connectivity index (χ0n) is 13.0. The molecule has 1 aliphatic rings. The molecule has 0 aromatic heterocycles. The minimum Gasteiger partial charge on any atom is -0.488 e. The summed E-state index contributed by atoms with van der Waals surface area (Å²) in [5, 5.41) is 3.45. The van der Waals surface area contributed by atoms with E-state index < -0.39 is 0 Å². The van der Waals surface area contributed by atoms with Crippen LogP contribution in [0.15, 0.2) is 42.5 Å². The van der Waals surface area contributed by atoms with Gasteiger partial charge in [0, 0.05) is 12.5 Å². The molecule has 2 aromatic rings. The molecule has 21 heavy (non-hydrogen) atoms. The van der Waals surface area contributed by atoms with Crippen molar-refractivity contribution in [3.05, 3.63) is 64.7 Å². The second-order valence-corrected chi connectivity index (χ2v) is 6.00. The molecule has 2 nitrogen and oxygen atoms in total. The van der Waals surface area contributed by atoms with E-state index in [0.717, 1.165) is 18.6 Å². The van der Waals surface area contributed by atoms with Crippen LogP contribution < -0.4 is 10.1 Å². The Morgan fingerprint density at radius 2 is 2.00 bits per heavy atom. The average Bonchev–Trinajstić information content (AvgIpc) is 2.91. The molecule has 0 radical (unpaired) electrons. The van der Waals surface area contributed by atoms with Crippen LogP contribution in [0.4, 0.5) is 0 Å². The van der Waals surface area contributed by atoms with Crippen molar-refractivity contribution in [3.8, 4) is 5.75 Å². The zero-order valence-corrected chi connectivity index (χ0v) is 13.0. The number of para-hydroxylation sites is 1. The standard InChI is InChI=1S/C19H23NO/c1-13-8-9-14(2)16(10-13)11-17(20-3)19-12-15-6-4-5-7-18(15)21-19/h4-10,17,19-20H,11-12H2,1-3H3. The monoisotopic (exact) mass is 281 g/mol. The molecular formula is C19H23NO. The van der Waals surface area contributed by atoms with E-state index in [1.807, 2.05) is 13.1 Å². The molecule has 110 valence electrons. The summed E-state index contributed by atoms with van der Waals surface area (Å²) in [5.74, 6) is 1.05. The summed E-state index contributed by atoms with van der Waals surface area (Å²) in [6.07, 6.45) is 2.21. The van der Waals surface area contributed by atoms with Gasteiger partial charge < -0.3 is 10.1 Å². The van der Waals surface area contributed by atoms with Crippen molar-refractivity contribution in [2.24, 2.45) is 0 Å². The van der Waals surface area contributed by atoms with Gasteiger partial charge in [-0.3, -0.25) is 0 Å². The molecular weight excluding hydrogens is 258 g/mol. The van der Waals surface area contributed by atoms with Crippen molar-refractivity contribution in [2.45, 2.75) is 38.8 Å². The molecule has 0 saturated heterocycles. The second kappa shape index (κ2) is 5.90. The van der Waals surface area contributed by atoms with Crippen LogP contribution in [0.5, 0.6) is 5.75 Å². The van der Waals surface area contributed by atoms with Gasteiger partial charge in [0.05, 0.1) is 0 Å². The molecule has 0 spiro atoms. The van der Waals surface area contributed by atoms with E-state index in [-0.39, 0.29) is 6.10 Å². The smallest absolute Gasteiger partial charge is 0.123 e. The van der Waals surface area contributed by atoms with Gasteiger partial charge in [0.15, 0.2) is 0 Å². The number of aryl methyl sites for hydroxylation is 2. The number of rotatable bonds is 4. The molecule has 2 unspecified atom stereocenters. The van der Waals surface area contributed by atoms with Crippen LogP contribution in [0, 0.1) is 13.8 Å². The summed E-state index contributed by atoms with van der Waals surface area (Å²) in [6.45, 7) is 4.34. The van der Waals surface area contributed by atoms with Crippen molar-refractivity contribution in [1.82, 2.24) is 5.32 Å². The van der Waals surface area contributed by atoms with Gasteiger partial charge >= 0.3 is 0 Å². The Hall–Kier alpha value is -1.80. The van der Waals surface area contributed by atoms with Crippen LogP contribution >= 0.6 is 0 Å². The lowest BCUT2D eigenvalue weighted by Gasteiger charge is -2.24. The largest absolute Gasteiger partial charge is 0.488 e. The Morgan fingerprint density at radius 3 is 2.76 bits per heavy atom. The summed E-state index contributed by atoms with van der Waals surface area (Å²) >= 11 is 0. The third-order valence-corrected chi connectivity index (χ3v) is 4.44. The number of fused-ring (bicyclic) bond motifs is 1. The van der Waals surface area contributed by atoms with Gasteiger partial charge in [-0.25, -0.2) is 0 Å². The van der Waals surface area contributed by atoms with Crippen LogP contribution in [-0.4, -0.2) is 19.2 Å². The molecule has 2 atom stereocenters. The highest BCUT2D eigenvalue weighted by Crippen LogP contribution is 2.30. The van der Waals surface area contributed by atoms with Crippen LogP contribution in [0.25, 0.3) is 0 Å². The van der Waals surface area contributed by atoms with Gasteiger partial charge in [0.2, 0.25) is 0 Å². The third kappa shape index (κ3) is 2.96. The number of nitrogens with one attached hydrogen (secondary N) is 1. The zero-order chi connectivity index (χ0) is 14.8. The molecule has 0 fully saturated rings. The van der Waals surface area contributed by atoms with Gasteiger partial charge in [0.25, 0.3) is 0 Å². The highest BCUT2D eigenvalue weighted by atomic mass is 16.5. The number of ether oxygens (including phenoxy) is 1. The normalized spacial score (nSPS) is 18.1. The minimum absolute atomic E-state index is 0.215. The first-order valence-corrected chi connectivity index (χ1v) is 7.65. The minimum atomic E-state index is 0.215. The van der Waals surface area contributed by atoms with Gasteiger partial charge in [-0.05, 0) is 50.1 Å². The first-order valence-electron chi connectivity index (χ1n) is 7.65. The summed E-state index contributed by atoms with van der Waals surface area (Å²) in [6, 6.07) is 15.4. The SMILES string of the molecule is CNC(Cc1cc(C)ccc1C)C1Cc2ccccc2O1. The molecule has 0 bridgehead atoms. The Bertz CT molecular complexity index is 610. The topological polar surface area (TPSA) is 21.3 Å². The van der Waals surface area contributed by atoms with E-state index in [9.17, 15) is 0 Å². The van der Waals surface area contributed by atoms with Gasteiger partial charge in [-0.2, -0.15) is 0 Å². The highest BCUT2D eigenvalue weighted by molar-refractivity contribution is 5.38. The summed E-state index contributed by atoms with van der Waals surface area (Å²) in [4.78, 5) is 0. The van der Waals surface area contributed by atoms with Crippen molar-refractivity contribution in [1.29, 1.82) is 0 Å². The molecule has 1 N–H and O–H groups in total. The molecule has 2 aromatic carbocycles. The van der Waals surface area contributed by atoms with E-state index in [0.29, 0.717) is 6.04 Å². The molecule has 0 saturated carbocycles. The quantitative estimate of drug-likeness (QED) is 0.927. The Kier molecular flexibility index (Phi) is 3.98. The van der Waals surface area contributed by atoms with Crippen LogP contribution in [0.2, 0.25) is 0 Å². The molecule has 1 aliphatic heterocycles. The molecule has 2 heteroatoms. The predicted octanol–water partition coefficient (Wildman–Crippen LogP) is 3.44. The van der Waals surface area contributed by atoms with Crippen LogP contribution in [0.3, 0.4) is 0 Å². The van der Waals surface area contributed by atoms with E-state index in [2.05, 4.69) is 55.6 Å². The van der Waals surface area contributed by atoms with Gasteiger partial charge in [0.1, 0.15) is 11.9 Å². The summed E-state index contributed by atoms with van der Waals surface area (Å²) < 4.78 is 6.14. The first-order chi connectivity index (χ1) is 10.2. The molecule has 0 amide bonds. The Balaban J connectivity index is 1.76.